The van der Waals surface area contributed by atoms with Crippen LogP contribution >= 0.6 is 0 Å². The molecule has 1 aromatic rings. The van der Waals surface area contributed by atoms with E-state index in [-0.39, 0.29) is 10.4 Å². The lowest BCUT2D eigenvalue weighted by Gasteiger charge is -2.41. The van der Waals surface area contributed by atoms with Crippen LogP contribution in [0.25, 0.3) is 0 Å². The van der Waals surface area contributed by atoms with Gasteiger partial charge in [0.1, 0.15) is 0 Å². The highest BCUT2D eigenvalue weighted by Gasteiger charge is 2.28. The third kappa shape index (κ3) is 6.44. The van der Waals surface area contributed by atoms with Gasteiger partial charge in [-0.2, -0.15) is 0 Å². The maximum atomic E-state index is 11.8. The molecule has 28 heavy (non-hydrogen) atoms. The summed E-state index contributed by atoms with van der Waals surface area (Å²) in [5.41, 5.74) is 0.933. The van der Waals surface area contributed by atoms with Crippen LogP contribution in [0, 0.1) is 0 Å². The third-order valence-corrected chi connectivity index (χ3v) is 6.25. The smallest absolute Gasteiger partial charge is 0.240 e. The SMILES string of the molecule is CCNC(=NCc1ccc(S(=O)(=O)NC)cc1)NCC(C)(C)N1CCOCC1. The van der Waals surface area contributed by atoms with E-state index in [9.17, 15) is 8.42 Å². The van der Waals surface area contributed by atoms with Crippen LogP contribution in [0.5, 0.6) is 0 Å². The molecular weight excluding hydrogens is 378 g/mol. The molecule has 8 nitrogen and oxygen atoms in total. The van der Waals surface area contributed by atoms with Crippen LogP contribution in [0.1, 0.15) is 26.3 Å². The summed E-state index contributed by atoms with van der Waals surface area (Å²) >= 11 is 0. The summed E-state index contributed by atoms with van der Waals surface area (Å²) in [6.07, 6.45) is 0. The lowest BCUT2D eigenvalue weighted by atomic mass is 10.0. The Bertz CT molecular complexity index is 741. The normalized spacial score (nSPS) is 16.8. The molecule has 1 aliphatic rings. The topological polar surface area (TPSA) is 95.1 Å². The number of aliphatic imine (C=N–C) groups is 1. The number of morpholine rings is 1. The van der Waals surface area contributed by atoms with Crippen LogP contribution in [-0.4, -0.2) is 71.3 Å². The molecule has 3 N–H and O–H groups in total. The average molecular weight is 412 g/mol. The molecule has 1 aromatic carbocycles. The molecule has 0 saturated carbocycles. The molecule has 0 radical (unpaired) electrons. The Morgan fingerprint density at radius 3 is 2.39 bits per heavy atom. The first kappa shape index (κ1) is 22.6. The maximum Gasteiger partial charge on any atom is 0.240 e. The highest BCUT2D eigenvalue weighted by atomic mass is 32.2. The Labute approximate surface area is 168 Å². The predicted molar refractivity (Wildman–Crippen MR) is 112 cm³/mol. The minimum Gasteiger partial charge on any atom is -0.379 e. The number of hydrogen-bond donors (Lipinski definition) is 3. The third-order valence-electron chi connectivity index (χ3n) is 4.82. The zero-order valence-corrected chi connectivity index (χ0v) is 18.1. The van der Waals surface area contributed by atoms with E-state index in [4.69, 9.17) is 4.74 Å². The van der Waals surface area contributed by atoms with E-state index in [2.05, 4.69) is 39.1 Å². The van der Waals surface area contributed by atoms with Gasteiger partial charge < -0.3 is 15.4 Å². The van der Waals surface area contributed by atoms with E-state index in [1.165, 1.54) is 7.05 Å². The molecule has 1 aliphatic heterocycles. The van der Waals surface area contributed by atoms with Crippen LogP contribution in [0.2, 0.25) is 0 Å². The van der Waals surface area contributed by atoms with Crippen molar-refractivity contribution in [2.45, 2.75) is 37.8 Å². The Kier molecular flexibility index (Phi) is 8.23. The van der Waals surface area contributed by atoms with Crippen LogP contribution in [-0.2, 0) is 21.3 Å². The van der Waals surface area contributed by atoms with Gasteiger partial charge >= 0.3 is 0 Å². The minimum atomic E-state index is -3.41. The van der Waals surface area contributed by atoms with Gasteiger partial charge in [0, 0.05) is 31.7 Å². The Morgan fingerprint density at radius 2 is 1.82 bits per heavy atom. The molecule has 0 spiro atoms. The molecule has 0 aromatic heterocycles. The van der Waals surface area contributed by atoms with Crippen molar-refractivity contribution in [2.24, 2.45) is 4.99 Å². The van der Waals surface area contributed by atoms with E-state index < -0.39 is 10.0 Å². The predicted octanol–water partition coefficient (Wildman–Crippen LogP) is 0.761. The summed E-state index contributed by atoms with van der Waals surface area (Å²) < 4.78 is 31.4. The molecule has 0 amide bonds. The lowest BCUT2D eigenvalue weighted by Crippen LogP contribution is -2.56. The first-order valence-corrected chi connectivity index (χ1v) is 11.1. The number of benzene rings is 1. The van der Waals surface area contributed by atoms with Crippen molar-refractivity contribution in [3.05, 3.63) is 29.8 Å². The average Bonchev–Trinajstić information content (AvgIpc) is 2.71. The van der Waals surface area contributed by atoms with E-state index in [1.807, 2.05) is 6.92 Å². The van der Waals surface area contributed by atoms with Crippen molar-refractivity contribution in [1.82, 2.24) is 20.3 Å². The number of hydrogen-bond acceptors (Lipinski definition) is 5. The molecule has 1 heterocycles. The van der Waals surface area contributed by atoms with E-state index in [0.717, 1.165) is 50.9 Å². The summed E-state index contributed by atoms with van der Waals surface area (Å²) in [6.45, 7) is 11.9. The fourth-order valence-electron chi connectivity index (χ4n) is 2.98. The number of nitrogens with one attached hydrogen (secondary N) is 3. The molecule has 0 atom stereocenters. The van der Waals surface area contributed by atoms with E-state index in [0.29, 0.717) is 6.54 Å². The van der Waals surface area contributed by atoms with Crippen molar-refractivity contribution in [2.75, 3.05) is 46.4 Å². The standard InChI is InChI=1S/C19H33N5O3S/c1-5-21-18(23-15-19(2,3)24-10-12-27-13-11-24)22-14-16-6-8-17(9-7-16)28(25,26)20-4/h6-9,20H,5,10-15H2,1-4H3,(H2,21,22,23). The zero-order valence-electron chi connectivity index (χ0n) is 17.3. The molecule has 1 saturated heterocycles. The maximum absolute atomic E-state index is 11.8. The van der Waals surface area contributed by atoms with Gasteiger partial charge in [-0.3, -0.25) is 4.90 Å². The minimum absolute atomic E-state index is 0.0108. The molecule has 9 heteroatoms. The largest absolute Gasteiger partial charge is 0.379 e. The summed E-state index contributed by atoms with van der Waals surface area (Å²) in [6, 6.07) is 6.76. The van der Waals surface area contributed by atoms with Gasteiger partial charge in [0.25, 0.3) is 0 Å². The summed E-state index contributed by atoms with van der Waals surface area (Å²) in [5, 5.41) is 6.69. The quantitative estimate of drug-likeness (QED) is 0.432. The first-order valence-electron chi connectivity index (χ1n) is 9.66. The molecule has 0 aliphatic carbocycles. The van der Waals surface area contributed by atoms with Crippen molar-refractivity contribution in [3.63, 3.8) is 0 Å². The van der Waals surface area contributed by atoms with Gasteiger partial charge in [-0.15, -0.1) is 0 Å². The molecule has 0 bridgehead atoms. The Balaban J connectivity index is 1.98. The summed E-state index contributed by atoms with van der Waals surface area (Å²) in [7, 11) is -2.01. The van der Waals surface area contributed by atoms with Gasteiger partial charge in [-0.1, -0.05) is 12.1 Å². The summed E-state index contributed by atoms with van der Waals surface area (Å²) in [4.78, 5) is 7.30. The zero-order chi connectivity index (χ0) is 20.6. The molecule has 2 rings (SSSR count). The highest BCUT2D eigenvalue weighted by Crippen LogP contribution is 2.15. The van der Waals surface area contributed by atoms with Gasteiger partial charge in [0.15, 0.2) is 5.96 Å². The fourth-order valence-corrected chi connectivity index (χ4v) is 3.71. The number of guanidine groups is 1. The lowest BCUT2D eigenvalue weighted by molar-refractivity contribution is -0.00834. The van der Waals surface area contributed by atoms with Crippen molar-refractivity contribution in [3.8, 4) is 0 Å². The summed E-state index contributed by atoms with van der Waals surface area (Å²) in [5.74, 6) is 0.746. The fraction of sp³-hybridized carbons (Fsp3) is 0.632. The molecule has 0 unspecified atom stereocenters. The van der Waals surface area contributed by atoms with Gasteiger partial charge in [0.2, 0.25) is 10.0 Å². The van der Waals surface area contributed by atoms with Gasteiger partial charge in [-0.05, 0) is 45.5 Å². The second kappa shape index (κ2) is 10.2. The van der Waals surface area contributed by atoms with Gasteiger partial charge in [-0.25, -0.2) is 18.1 Å². The Morgan fingerprint density at radius 1 is 1.18 bits per heavy atom. The second-order valence-electron chi connectivity index (χ2n) is 7.31. The van der Waals surface area contributed by atoms with Crippen LogP contribution in [0.15, 0.2) is 34.2 Å². The van der Waals surface area contributed by atoms with Crippen LogP contribution in [0.3, 0.4) is 0 Å². The van der Waals surface area contributed by atoms with Crippen molar-refractivity contribution < 1.29 is 13.2 Å². The van der Waals surface area contributed by atoms with Crippen LogP contribution < -0.4 is 15.4 Å². The van der Waals surface area contributed by atoms with Crippen LogP contribution in [0.4, 0.5) is 0 Å². The number of ether oxygens (including phenoxy) is 1. The van der Waals surface area contributed by atoms with Gasteiger partial charge in [0.05, 0.1) is 24.7 Å². The number of nitrogens with zero attached hydrogens (tertiary/aromatic N) is 2. The second-order valence-corrected chi connectivity index (χ2v) is 9.20. The molecular formula is C19H33N5O3S. The van der Waals surface area contributed by atoms with E-state index in [1.54, 1.807) is 24.3 Å². The number of rotatable bonds is 8. The number of sulfonamides is 1. The Hall–Kier alpha value is -1.68. The van der Waals surface area contributed by atoms with Crippen molar-refractivity contribution in [1.29, 1.82) is 0 Å². The molecule has 158 valence electrons. The molecule has 1 fully saturated rings. The first-order chi connectivity index (χ1) is 13.3. The van der Waals surface area contributed by atoms with Crippen molar-refractivity contribution >= 4 is 16.0 Å². The van der Waals surface area contributed by atoms with E-state index >= 15 is 0 Å². The highest BCUT2D eigenvalue weighted by molar-refractivity contribution is 7.89. The monoisotopic (exact) mass is 411 g/mol.